The number of aryl methyl sites for hydroxylation is 2. The van der Waals surface area contributed by atoms with E-state index >= 15 is 0 Å². The van der Waals surface area contributed by atoms with Crippen molar-refractivity contribution in [1.29, 1.82) is 0 Å². The lowest BCUT2D eigenvalue weighted by Crippen LogP contribution is -2.21. The fraction of sp³-hybridized carbons (Fsp3) is 0.263. The summed E-state index contributed by atoms with van der Waals surface area (Å²) in [5, 5.41) is 0. The van der Waals surface area contributed by atoms with Crippen LogP contribution in [0.2, 0.25) is 0 Å². The molecular formula is C19H21NO4. The van der Waals surface area contributed by atoms with Crippen molar-refractivity contribution in [3.05, 3.63) is 62.6 Å². The molecule has 5 heteroatoms. The molecule has 0 atom stereocenters. The zero-order valence-corrected chi connectivity index (χ0v) is 14.5. The van der Waals surface area contributed by atoms with E-state index in [1.54, 1.807) is 53.2 Å². The Bertz CT molecular complexity index is 862. The summed E-state index contributed by atoms with van der Waals surface area (Å²) in [6, 6.07) is 7.20. The number of ketones is 1. The quantitative estimate of drug-likeness (QED) is 0.676. The highest BCUT2D eigenvalue weighted by atomic mass is 16.5. The first-order valence-corrected chi connectivity index (χ1v) is 7.53. The van der Waals surface area contributed by atoms with Crippen LogP contribution in [0.3, 0.4) is 0 Å². The molecule has 1 aromatic heterocycles. The van der Waals surface area contributed by atoms with E-state index in [0.29, 0.717) is 28.2 Å². The first-order valence-electron chi connectivity index (χ1n) is 7.53. The van der Waals surface area contributed by atoms with Gasteiger partial charge in [0.2, 0.25) is 0 Å². The van der Waals surface area contributed by atoms with Crippen molar-refractivity contribution in [1.82, 2.24) is 4.98 Å². The Morgan fingerprint density at radius 2 is 1.88 bits per heavy atom. The van der Waals surface area contributed by atoms with E-state index in [2.05, 4.69) is 4.98 Å². The number of ether oxygens (including phenoxy) is 2. The molecule has 0 unspecified atom stereocenters. The van der Waals surface area contributed by atoms with Gasteiger partial charge in [-0.3, -0.25) is 9.59 Å². The van der Waals surface area contributed by atoms with Crippen LogP contribution in [-0.2, 0) is 0 Å². The van der Waals surface area contributed by atoms with Crippen molar-refractivity contribution >= 4 is 11.9 Å². The van der Waals surface area contributed by atoms with Gasteiger partial charge in [0.15, 0.2) is 17.3 Å². The Morgan fingerprint density at radius 1 is 1.17 bits per heavy atom. The Hall–Kier alpha value is -2.82. The number of hydrogen-bond acceptors (Lipinski definition) is 4. The standard InChI is InChI=1S/C19H21NO4/c1-11-9-13(3)20-19(22)16(11)17(21)12(2)10-14-7-6-8-15(23-4)18(14)24-5/h6-10H,1-5H3,(H,20,22)/b12-10+. The SMILES string of the molecule is COc1cccc(/C=C(\C)C(=O)c2c(C)cc(C)[nH]c2=O)c1OC. The number of Topliss-reactive ketones (excluding diaryl/α,β-unsaturated/α-hetero) is 1. The number of H-pyrrole nitrogens is 1. The zero-order chi connectivity index (χ0) is 17.9. The highest BCUT2D eigenvalue weighted by molar-refractivity contribution is 6.11. The molecule has 0 aliphatic heterocycles. The molecule has 0 fully saturated rings. The minimum absolute atomic E-state index is 0.163. The maximum absolute atomic E-state index is 12.7. The summed E-state index contributed by atoms with van der Waals surface area (Å²) in [5.41, 5.74) is 2.33. The van der Waals surface area contributed by atoms with Gasteiger partial charge >= 0.3 is 0 Å². The predicted octanol–water partition coefficient (Wildman–Crippen LogP) is 3.30. The summed E-state index contributed by atoms with van der Waals surface area (Å²) < 4.78 is 10.6. The van der Waals surface area contributed by atoms with Crippen LogP contribution in [0.5, 0.6) is 11.5 Å². The van der Waals surface area contributed by atoms with E-state index < -0.39 is 0 Å². The van der Waals surface area contributed by atoms with Gasteiger partial charge in [-0.05, 0) is 50.1 Å². The fourth-order valence-electron chi connectivity index (χ4n) is 2.66. The molecule has 0 aliphatic rings. The molecule has 1 heterocycles. The van der Waals surface area contributed by atoms with Gasteiger partial charge in [0, 0.05) is 11.3 Å². The third-order valence-corrected chi connectivity index (χ3v) is 3.76. The van der Waals surface area contributed by atoms with Crippen LogP contribution in [0, 0.1) is 13.8 Å². The first-order chi connectivity index (χ1) is 11.4. The number of pyridine rings is 1. The van der Waals surface area contributed by atoms with Crippen molar-refractivity contribution in [3.8, 4) is 11.5 Å². The average molecular weight is 327 g/mol. The van der Waals surface area contributed by atoms with Crippen molar-refractivity contribution in [2.75, 3.05) is 14.2 Å². The van der Waals surface area contributed by atoms with Crippen molar-refractivity contribution in [2.45, 2.75) is 20.8 Å². The summed E-state index contributed by atoms with van der Waals surface area (Å²) in [7, 11) is 3.10. The summed E-state index contributed by atoms with van der Waals surface area (Å²) in [4.78, 5) is 27.5. The van der Waals surface area contributed by atoms with E-state index in [-0.39, 0.29) is 16.9 Å². The normalized spacial score (nSPS) is 11.3. The molecule has 0 saturated carbocycles. The molecule has 2 rings (SSSR count). The van der Waals surface area contributed by atoms with Crippen LogP contribution in [0.4, 0.5) is 0 Å². The van der Waals surface area contributed by atoms with Gasteiger partial charge in [-0.2, -0.15) is 0 Å². The lowest BCUT2D eigenvalue weighted by molar-refractivity contribution is 0.103. The van der Waals surface area contributed by atoms with Gasteiger partial charge in [0.1, 0.15) is 0 Å². The Labute approximate surface area is 140 Å². The highest BCUT2D eigenvalue weighted by Gasteiger charge is 2.17. The largest absolute Gasteiger partial charge is 0.493 e. The van der Waals surface area contributed by atoms with Crippen LogP contribution in [-0.4, -0.2) is 25.0 Å². The minimum Gasteiger partial charge on any atom is -0.493 e. The summed E-state index contributed by atoms with van der Waals surface area (Å²) in [6.45, 7) is 5.22. The maximum Gasteiger partial charge on any atom is 0.259 e. The molecule has 24 heavy (non-hydrogen) atoms. The van der Waals surface area contributed by atoms with Crippen molar-refractivity contribution in [3.63, 3.8) is 0 Å². The third kappa shape index (κ3) is 3.40. The van der Waals surface area contributed by atoms with E-state index in [1.807, 2.05) is 12.1 Å². The monoisotopic (exact) mass is 327 g/mol. The van der Waals surface area contributed by atoms with Crippen LogP contribution in [0.15, 0.2) is 34.6 Å². The molecule has 0 aliphatic carbocycles. The number of para-hydroxylation sites is 1. The average Bonchev–Trinajstić information content (AvgIpc) is 2.53. The van der Waals surface area contributed by atoms with E-state index in [4.69, 9.17) is 9.47 Å². The van der Waals surface area contributed by atoms with Crippen molar-refractivity contribution in [2.24, 2.45) is 0 Å². The van der Waals surface area contributed by atoms with Crippen molar-refractivity contribution < 1.29 is 14.3 Å². The lowest BCUT2D eigenvalue weighted by atomic mass is 9.99. The number of allylic oxidation sites excluding steroid dienone is 1. The number of carbonyl (C=O) groups excluding carboxylic acids is 1. The van der Waals surface area contributed by atoms with E-state index in [0.717, 1.165) is 5.69 Å². The van der Waals surface area contributed by atoms with Crippen LogP contribution in [0.25, 0.3) is 6.08 Å². The number of aromatic nitrogens is 1. The summed E-state index contributed by atoms with van der Waals surface area (Å²) in [5.74, 6) is 0.816. The molecule has 2 aromatic rings. The van der Waals surface area contributed by atoms with E-state index in [9.17, 15) is 9.59 Å². The molecule has 0 spiro atoms. The summed E-state index contributed by atoms with van der Waals surface area (Å²) in [6.07, 6.45) is 1.70. The Morgan fingerprint density at radius 3 is 2.46 bits per heavy atom. The van der Waals surface area contributed by atoms with Gasteiger partial charge in [0.05, 0.1) is 19.8 Å². The molecule has 0 amide bonds. The summed E-state index contributed by atoms with van der Waals surface area (Å²) >= 11 is 0. The smallest absolute Gasteiger partial charge is 0.259 e. The second kappa shape index (κ2) is 7.17. The first kappa shape index (κ1) is 17.5. The van der Waals surface area contributed by atoms with Gasteiger partial charge in [-0.15, -0.1) is 0 Å². The van der Waals surface area contributed by atoms with Gasteiger partial charge in [-0.25, -0.2) is 0 Å². The molecule has 1 aromatic carbocycles. The Balaban J connectivity index is 2.50. The molecule has 0 saturated heterocycles. The van der Waals surface area contributed by atoms with E-state index in [1.165, 1.54) is 0 Å². The number of rotatable bonds is 5. The van der Waals surface area contributed by atoms with Crippen LogP contribution >= 0.6 is 0 Å². The molecule has 126 valence electrons. The Kier molecular flexibility index (Phi) is 5.24. The molecule has 0 radical (unpaired) electrons. The lowest BCUT2D eigenvalue weighted by Gasteiger charge is -2.11. The number of nitrogens with one attached hydrogen (secondary N) is 1. The molecule has 1 N–H and O–H groups in total. The second-order valence-corrected chi connectivity index (χ2v) is 5.58. The number of methoxy groups -OCH3 is 2. The van der Waals surface area contributed by atoms with Crippen LogP contribution < -0.4 is 15.0 Å². The number of benzene rings is 1. The number of hydrogen-bond donors (Lipinski definition) is 1. The number of carbonyl (C=O) groups is 1. The molecule has 5 nitrogen and oxygen atoms in total. The van der Waals surface area contributed by atoms with Gasteiger partial charge in [-0.1, -0.05) is 12.1 Å². The fourth-order valence-corrected chi connectivity index (χ4v) is 2.66. The van der Waals surface area contributed by atoms with Gasteiger partial charge < -0.3 is 14.5 Å². The molecular weight excluding hydrogens is 306 g/mol. The predicted molar refractivity (Wildman–Crippen MR) is 94.1 cm³/mol. The minimum atomic E-state index is -0.372. The van der Waals surface area contributed by atoms with Crippen LogP contribution in [0.1, 0.15) is 34.1 Å². The maximum atomic E-state index is 12.7. The molecule has 0 bridgehead atoms. The third-order valence-electron chi connectivity index (χ3n) is 3.76. The topological polar surface area (TPSA) is 68.4 Å². The highest BCUT2D eigenvalue weighted by Crippen LogP contribution is 2.32. The second-order valence-electron chi connectivity index (χ2n) is 5.58. The van der Waals surface area contributed by atoms with Gasteiger partial charge in [0.25, 0.3) is 5.56 Å². The zero-order valence-electron chi connectivity index (χ0n) is 14.5. The number of aromatic amines is 1.